The number of ether oxygens (including phenoxy) is 1. The summed E-state index contributed by atoms with van der Waals surface area (Å²) in [7, 11) is 1.70. The predicted molar refractivity (Wildman–Crippen MR) is 120 cm³/mol. The van der Waals surface area contributed by atoms with Gasteiger partial charge in [-0.1, -0.05) is 24.3 Å². The highest BCUT2D eigenvalue weighted by atomic mass is 16.5. The first kappa shape index (κ1) is 21.0. The highest BCUT2D eigenvalue weighted by molar-refractivity contribution is 5.92. The lowest BCUT2D eigenvalue weighted by Gasteiger charge is -2.36. The summed E-state index contributed by atoms with van der Waals surface area (Å²) in [6.45, 7) is 2.85. The smallest absolute Gasteiger partial charge is 0.270 e. The van der Waals surface area contributed by atoms with Crippen molar-refractivity contribution in [2.75, 3.05) is 20.2 Å². The van der Waals surface area contributed by atoms with Crippen molar-refractivity contribution in [3.63, 3.8) is 0 Å². The molecule has 0 saturated carbocycles. The van der Waals surface area contributed by atoms with Crippen LogP contribution in [0.25, 0.3) is 0 Å². The van der Waals surface area contributed by atoms with Gasteiger partial charge in [-0.2, -0.15) is 0 Å². The minimum atomic E-state index is -0.157. The predicted octanol–water partition coefficient (Wildman–Crippen LogP) is 3.87. The van der Waals surface area contributed by atoms with Gasteiger partial charge in [0.2, 0.25) is 0 Å². The van der Waals surface area contributed by atoms with Crippen LogP contribution in [-0.4, -0.2) is 41.0 Å². The van der Waals surface area contributed by atoms with E-state index >= 15 is 0 Å². The molecule has 0 unspecified atom stereocenters. The zero-order valence-corrected chi connectivity index (χ0v) is 17.8. The van der Waals surface area contributed by atoms with Crippen molar-refractivity contribution in [3.8, 4) is 5.75 Å². The lowest BCUT2D eigenvalue weighted by molar-refractivity contribution is 0.0883. The Morgan fingerprint density at radius 2 is 1.84 bits per heavy atom. The van der Waals surface area contributed by atoms with Crippen LogP contribution in [0.4, 0.5) is 0 Å². The second kappa shape index (κ2) is 10.2. The van der Waals surface area contributed by atoms with Gasteiger partial charge in [-0.05, 0) is 73.8 Å². The van der Waals surface area contributed by atoms with Gasteiger partial charge in [0.05, 0.1) is 18.8 Å². The second-order valence-electron chi connectivity index (χ2n) is 7.89. The van der Waals surface area contributed by atoms with Crippen molar-refractivity contribution < 1.29 is 9.53 Å². The lowest BCUT2D eigenvalue weighted by atomic mass is 9.87. The van der Waals surface area contributed by atoms with Crippen molar-refractivity contribution in [1.82, 2.24) is 20.2 Å². The fraction of sp³-hybridized carbons (Fsp3) is 0.320. The molecule has 1 N–H and O–H groups in total. The molecule has 1 aliphatic rings. The number of piperidine rings is 1. The monoisotopic (exact) mass is 416 g/mol. The molecule has 6 heteroatoms. The number of methoxy groups -OCH3 is 1. The Hall–Kier alpha value is -3.25. The van der Waals surface area contributed by atoms with Gasteiger partial charge >= 0.3 is 0 Å². The molecule has 0 aliphatic carbocycles. The van der Waals surface area contributed by atoms with Crippen molar-refractivity contribution in [2.24, 2.45) is 5.92 Å². The third-order valence-electron chi connectivity index (χ3n) is 5.83. The molecule has 3 aromatic rings. The Kier molecular flexibility index (Phi) is 6.89. The van der Waals surface area contributed by atoms with Crippen molar-refractivity contribution in [2.45, 2.75) is 25.4 Å². The van der Waals surface area contributed by atoms with Gasteiger partial charge in [0.1, 0.15) is 11.4 Å². The van der Waals surface area contributed by atoms with Crippen LogP contribution >= 0.6 is 0 Å². The maximum atomic E-state index is 12.8. The maximum absolute atomic E-state index is 12.8. The van der Waals surface area contributed by atoms with E-state index in [-0.39, 0.29) is 11.9 Å². The molecule has 1 saturated heterocycles. The third kappa shape index (κ3) is 5.47. The van der Waals surface area contributed by atoms with Crippen LogP contribution in [0.1, 0.15) is 40.6 Å². The number of pyridine rings is 2. The topological polar surface area (TPSA) is 67.3 Å². The number of carbonyl (C=O) groups is 1. The van der Waals surface area contributed by atoms with Gasteiger partial charge < -0.3 is 10.1 Å². The van der Waals surface area contributed by atoms with E-state index in [0.29, 0.717) is 11.6 Å². The van der Waals surface area contributed by atoms with Gasteiger partial charge in [0.15, 0.2) is 0 Å². The standard InChI is InChI=1S/C25H28N4O2/c1-31-21-8-6-7-19(17-21)18-29-15-11-20(12-16-29)24(22-9-2-4-13-26-22)28-25(30)23-10-3-5-14-27-23/h2-10,13-14,17,20,24H,11-12,15-16,18H2,1H3,(H,28,30)/t24-/m0/s1. The number of amides is 1. The number of likely N-dealkylation sites (tertiary alicyclic amines) is 1. The minimum absolute atomic E-state index is 0.130. The summed E-state index contributed by atoms with van der Waals surface area (Å²) in [5.74, 6) is 1.05. The molecule has 0 bridgehead atoms. The number of nitrogens with zero attached hydrogens (tertiary/aromatic N) is 3. The molecule has 1 atom stereocenters. The van der Waals surface area contributed by atoms with E-state index in [4.69, 9.17) is 4.74 Å². The number of benzene rings is 1. The van der Waals surface area contributed by atoms with E-state index in [0.717, 1.165) is 43.9 Å². The average molecular weight is 417 g/mol. The van der Waals surface area contributed by atoms with Crippen LogP contribution in [0, 0.1) is 5.92 Å². The fourth-order valence-electron chi connectivity index (χ4n) is 4.18. The van der Waals surface area contributed by atoms with Crippen molar-refractivity contribution in [1.29, 1.82) is 0 Å². The molecule has 2 aromatic heterocycles. The summed E-state index contributed by atoms with van der Waals surface area (Å²) in [4.78, 5) is 24.0. The summed E-state index contributed by atoms with van der Waals surface area (Å²) < 4.78 is 5.34. The first-order chi connectivity index (χ1) is 15.2. The zero-order chi connectivity index (χ0) is 21.5. The summed E-state index contributed by atoms with van der Waals surface area (Å²) in [6, 6.07) is 19.3. The number of aromatic nitrogens is 2. The minimum Gasteiger partial charge on any atom is -0.497 e. The lowest BCUT2D eigenvalue weighted by Crippen LogP contribution is -2.41. The first-order valence-electron chi connectivity index (χ1n) is 10.7. The Bertz CT molecular complexity index is 973. The molecule has 6 nitrogen and oxygen atoms in total. The average Bonchev–Trinajstić information content (AvgIpc) is 2.84. The molecule has 160 valence electrons. The highest BCUT2D eigenvalue weighted by Gasteiger charge is 2.30. The SMILES string of the molecule is COc1cccc(CN2CCC([C@H](NC(=O)c3ccccn3)c3ccccn3)CC2)c1. The van der Waals surface area contributed by atoms with Crippen molar-refractivity contribution in [3.05, 3.63) is 90.0 Å². The molecule has 3 heterocycles. The normalized spacial score (nSPS) is 15.9. The van der Waals surface area contributed by atoms with Gasteiger partial charge in [-0.25, -0.2) is 0 Å². The molecule has 1 aromatic carbocycles. The van der Waals surface area contributed by atoms with Gasteiger partial charge in [0, 0.05) is 18.9 Å². The van der Waals surface area contributed by atoms with Crippen LogP contribution < -0.4 is 10.1 Å². The van der Waals surface area contributed by atoms with Crippen LogP contribution in [0.15, 0.2) is 73.1 Å². The maximum Gasteiger partial charge on any atom is 0.270 e. The van der Waals surface area contributed by atoms with Crippen LogP contribution in [0.2, 0.25) is 0 Å². The number of hydrogen-bond acceptors (Lipinski definition) is 5. The van der Waals surface area contributed by atoms with Crippen LogP contribution in [0.3, 0.4) is 0 Å². The summed E-state index contributed by atoms with van der Waals surface area (Å²) >= 11 is 0. The van der Waals surface area contributed by atoms with Crippen LogP contribution in [-0.2, 0) is 6.54 Å². The molecule has 0 radical (unpaired) electrons. The number of carbonyl (C=O) groups excluding carboxylic acids is 1. The Balaban J connectivity index is 1.42. The summed E-state index contributed by atoms with van der Waals surface area (Å²) in [5.41, 5.74) is 2.58. The molecule has 0 spiro atoms. The van der Waals surface area contributed by atoms with Crippen molar-refractivity contribution >= 4 is 5.91 Å². The molecule has 1 aliphatic heterocycles. The van der Waals surface area contributed by atoms with Gasteiger partial charge in [-0.15, -0.1) is 0 Å². The summed E-state index contributed by atoms with van der Waals surface area (Å²) in [6.07, 6.45) is 5.41. The van der Waals surface area contributed by atoms with E-state index in [1.807, 2.05) is 42.5 Å². The molecule has 1 fully saturated rings. The Labute approximate surface area is 183 Å². The van der Waals surface area contributed by atoms with E-state index in [2.05, 4.69) is 32.3 Å². The van der Waals surface area contributed by atoms with E-state index in [1.54, 1.807) is 25.6 Å². The first-order valence-corrected chi connectivity index (χ1v) is 10.7. The Morgan fingerprint density at radius 3 is 2.52 bits per heavy atom. The van der Waals surface area contributed by atoms with E-state index in [9.17, 15) is 4.79 Å². The fourth-order valence-corrected chi connectivity index (χ4v) is 4.18. The number of nitrogens with one attached hydrogen (secondary N) is 1. The number of hydrogen-bond donors (Lipinski definition) is 1. The van der Waals surface area contributed by atoms with Crippen LogP contribution in [0.5, 0.6) is 5.75 Å². The summed E-state index contributed by atoms with van der Waals surface area (Å²) in [5, 5.41) is 3.20. The second-order valence-corrected chi connectivity index (χ2v) is 7.89. The molecular formula is C25H28N4O2. The number of rotatable bonds is 7. The third-order valence-corrected chi connectivity index (χ3v) is 5.83. The Morgan fingerprint density at radius 1 is 1.06 bits per heavy atom. The van der Waals surface area contributed by atoms with Gasteiger partial charge in [0.25, 0.3) is 5.91 Å². The molecule has 4 rings (SSSR count). The largest absolute Gasteiger partial charge is 0.497 e. The highest BCUT2D eigenvalue weighted by Crippen LogP contribution is 2.31. The van der Waals surface area contributed by atoms with E-state index < -0.39 is 0 Å². The molecule has 31 heavy (non-hydrogen) atoms. The molecule has 1 amide bonds. The molecular weight excluding hydrogens is 388 g/mol. The quantitative estimate of drug-likeness (QED) is 0.633. The van der Waals surface area contributed by atoms with Gasteiger partial charge in [-0.3, -0.25) is 19.7 Å². The zero-order valence-electron chi connectivity index (χ0n) is 17.8. The van der Waals surface area contributed by atoms with E-state index in [1.165, 1.54) is 5.56 Å².